The Balaban J connectivity index is 1.29. The molecule has 0 aromatic heterocycles. The summed E-state index contributed by atoms with van der Waals surface area (Å²) in [4.78, 5) is 0. The van der Waals surface area contributed by atoms with Crippen LogP contribution >= 0.6 is 0 Å². The van der Waals surface area contributed by atoms with Gasteiger partial charge in [0.05, 0.1) is 0 Å². The molecule has 0 fully saturated rings. The zero-order valence-electron chi connectivity index (χ0n) is 34.7. The molecule has 0 heterocycles. The first-order valence-corrected chi connectivity index (χ1v) is 24.9. The van der Waals surface area contributed by atoms with Crippen molar-refractivity contribution in [2.24, 2.45) is 0 Å². The van der Waals surface area contributed by atoms with E-state index in [9.17, 15) is 0 Å². The SMILES string of the molecule is CC(C)[Si](C#Cc1ccc2c(ccc3c4cc5ccc6c7ccc(C#C[Si](C(C)C)(C(C)C)C(C)C)cc7ccc6c5cc4ccc23)c1)(C(C)C)C(C)C. The summed E-state index contributed by atoms with van der Waals surface area (Å²) < 4.78 is 0. The van der Waals surface area contributed by atoms with Gasteiger partial charge in [-0.2, -0.15) is 0 Å². The Labute approximate surface area is 326 Å². The van der Waals surface area contributed by atoms with Crippen LogP contribution in [0.5, 0.6) is 0 Å². The molecule has 0 saturated carbocycles. The van der Waals surface area contributed by atoms with Crippen LogP contribution in [0.15, 0.2) is 97.1 Å². The van der Waals surface area contributed by atoms with E-state index < -0.39 is 16.1 Å². The molecular weight excluding hydrogens is 681 g/mol. The summed E-state index contributed by atoms with van der Waals surface area (Å²) in [7, 11) is -3.58. The van der Waals surface area contributed by atoms with Gasteiger partial charge in [-0.05, 0) is 134 Å². The Morgan fingerprint density at radius 2 is 0.556 bits per heavy atom. The van der Waals surface area contributed by atoms with Crippen LogP contribution in [0.3, 0.4) is 0 Å². The summed E-state index contributed by atoms with van der Waals surface area (Å²) in [5.41, 5.74) is 13.9. The van der Waals surface area contributed by atoms with Crippen molar-refractivity contribution in [3.8, 4) is 22.9 Å². The van der Waals surface area contributed by atoms with Gasteiger partial charge in [0, 0.05) is 11.1 Å². The second-order valence-corrected chi connectivity index (χ2v) is 29.1. The Bertz CT molecular complexity index is 2470. The molecule has 7 rings (SSSR count). The molecule has 0 atom stereocenters. The third-order valence-electron chi connectivity index (χ3n) is 13.4. The summed E-state index contributed by atoms with van der Waals surface area (Å²) in [5.74, 6) is 7.35. The fourth-order valence-corrected chi connectivity index (χ4v) is 21.1. The lowest BCUT2D eigenvalue weighted by atomic mass is 9.92. The van der Waals surface area contributed by atoms with Crippen molar-refractivity contribution in [2.75, 3.05) is 0 Å². The highest BCUT2D eigenvalue weighted by molar-refractivity contribution is 6.91. The fourth-order valence-electron chi connectivity index (χ4n) is 10.6. The first-order valence-electron chi connectivity index (χ1n) is 20.4. The van der Waals surface area contributed by atoms with Gasteiger partial charge in [0.15, 0.2) is 0 Å². The maximum absolute atomic E-state index is 3.92. The van der Waals surface area contributed by atoms with E-state index in [2.05, 4.69) is 203 Å². The Hall–Kier alpha value is -4.35. The minimum atomic E-state index is -1.79. The van der Waals surface area contributed by atoms with Gasteiger partial charge in [0.2, 0.25) is 0 Å². The molecule has 0 aliphatic carbocycles. The van der Waals surface area contributed by atoms with Gasteiger partial charge in [0.1, 0.15) is 16.1 Å². The predicted octanol–water partition coefficient (Wildman–Crippen LogP) is 15.7. The largest absolute Gasteiger partial charge is 0.146 e. The number of rotatable bonds is 6. The molecule has 0 saturated heterocycles. The van der Waals surface area contributed by atoms with Crippen LogP contribution in [0.4, 0.5) is 0 Å². The van der Waals surface area contributed by atoms with Crippen LogP contribution in [0.1, 0.15) is 94.2 Å². The standard InChI is InChI=1S/C52H58Si2/c1-33(2)53(34(3)4,35(5)6)27-25-39-13-19-45-41(29-39)15-23-49-47(45)21-17-43-32-52-44(31-51(43)49)18-22-48-46-20-14-40(30-42(46)16-24-50(48)52)26-28-54(36(7)8,37(9)10)38(11)12/h13-24,29-38H,1-12H3. The molecule has 54 heavy (non-hydrogen) atoms. The molecule has 0 radical (unpaired) electrons. The van der Waals surface area contributed by atoms with Crippen LogP contribution in [0.25, 0.3) is 64.6 Å². The van der Waals surface area contributed by atoms with Gasteiger partial charge >= 0.3 is 0 Å². The highest BCUT2D eigenvalue weighted by Gasteiger charge is 2.42. The summed E-state index contributed by atoms with van der Waals surface area (Å²) in [5, 5.41) is 15.5. The number of fused-ring (bicyclic) bond motifs is 10. The quantitative estimate of drug-likeness (QED) is 0.0690. The summed E-state index contributed by atoms with van der Waals surface area (Å²) in [6, 6.07) is 37.0. The zero-order valence-corrected chi connectivity index (χ0v) is 36.7. The summed E-state index contributed by atoms with van der Waals surface area (Å²) in [6.45, 7) is 28.6. The Morgan fingerprint density at radius 1 is 0.296 bits per heavy atom. The molecular formula is C52H58Si2. The molecule has 274 valence electrons. The van der Waals surface area contributed by atoms with Crippen LogP contribution in [0.2, 0.25) is 33.2 Å². The van der Waals surface area contributed by atoms with Gasteiger partial charge in [-0.25, -0.2) is 0 Å². The fraction of sp³-hybridized carbons (Fsp3) is 0.346. The zero-order chi connectivity index (χ0) is 38.7. The molecule has 7 aromatic rings. The van der Waals surface area contributed by atoms with E-state index in [-0.39, 0.29) is 0 Å². The molecule has 0 spiro atoms. The second-order valence-electron chi connectivity index (χ2n) is 17.9. The first kappa shape index (κ1) is 37.9. The highest BCUT2D eigenvalue weighted by atomic mass is 28.3. The number of benzene rings is 7. The van der Waals surface area contributed by atoms with Crippen LogP contribution in [-0.2, 0) is 0 Å². The third kappa shape index (κ3) is 6.17. The molecule has 0 amide bonds. The van der Waals surface area contributed by atoms with Crippen LogP contribution in [-0.4, -0.2) is 16.1 Å². The molecule has 7 aromatic carbocycles. The average molecular weight is 739 g/mol. The van der Waals surface area contributed by atoms with Crippen LogP contribution < -0.4 is 0 Å². The van der Waals surface area contributed by atoms with Crippen molar-refractivity contribution in [3.63, 3.8) is 0 Å². The highest BCUT2D eigenvalue weighted by Crippen LogP contribution is 2.43. The lowest BCUT2D eigenvalue weighted by molar-refractivity contribution is 0.838. The molecule has 0 aliphatic rings. The average Bonchev–Trinajstić information content (AvgIpc) is 3.12. The van der Waals surface area contributed by atoms with Gasteiger partial charge in [0.25, 0.3) is 0 Å². The maximum Gasteiger partial charge on any atom is 0.146 e. The van der Waals surface area contributed by atoms with E-state index >= 15 is 0 Å². The smallest absolute Gasteiger partial charge is 0.125 e. The van der Waals surface area contributed by atoms with Gasteiger partial charge < -0.3 is 0 Å². The van der Waals surface area contributed by atoms with Crippen LogP contribution in [0, 0.1) is 22.9 Å². The van der Waals surface area contributed by atoms with E-state index in [4.69, 9.17) is 0 Å². The predicted molar refractivity (Wildman–Crippen MR) is 247 cm³/mol. The monoisotopic (exact) mass is 738 g/mol. The summed E-state index contributed by atoms with van der Waals surface area (Å²) in [6.07, 6.45) is 0. The number of hydrogen-bond acceptors (Lipinski definition) is 0. The van der Waals surface area contributed by atoms with E-state index in [0.29, 0.717) is 33.2 Å². The molecule has 0 aliphatic heterocycles. The Morgan fingerprint density at radius 3 is 0.852 bits per heavy atom. The van der Waals surface area contributed by atoms with Gasteiger partial charge in [-0.1, -0.05) is 156 Å². The van der Waals surface area contributed by atoms with E-state index in [1.54, 1.807) is 0 Å². The van der Waals surface area contributed by atoms with Crippen molar-refractivity contribution in [1.29, 1.82) is 0 Å². The number of hydrogen-bond donors (Lipinski definition) is 0. The van der Waals surface area contributed by atoms with E-state index in [0.717, 1.165) is 11.1 Å². The van der Waals surface area contributed by atoms with Crippen molar-refractivity contribution < 1.29 is 0 Å². The first-order chi connectivity index (χ1) is 25.7. The molecule has 0 bridgehead atoms. The van der Waals surface area contributed by atoms with Gasteiger partial charge in [-0.15, -0.1) is 11.1 Å². The maximum atomic E-state index is 3.92. The lowest BCUT2D eigenvalue weighted by Crippen LogP contribution is -2.43. The van der Waals surface area contributed by atoms with Crippen molar-refractivity contribution >= 4 is 80.8 Å². The molecule has 0 unspecified atom stereocenters. The van der Waals surface area contributed by atoms with Crippen molar-refractivity contribution in [3.05, 3.63) is 108 Å². The molecule has 0 N–H and O–H groups in total. The minimum absolute atomic E-state index is 0.626. The van der Waals surface area contributed by atoms with Gasteiger partial charge in [-0.3, -0.25) is 0 Å². The van der Waals surface area contributed by atoms with Crippen molar-refractivity contribution in [2.45, 2.75) is 116 Å². The lowest BCUT2D eigenvalue weighted by Gasteiger charge is -2.38. The molecule has 0 nitrogen and oxygen atoms in total. The third-order valence-corrected chi connectivity index (χ3v) is 25.9. The molecule has 2 heteroatoms. The normalized spacial score (nSPS) is 12.8. The van der Waals surface area contributed by atoms with Crippen molar-refractivity contribution in [1.82, 2.24) is 0 Å². The minimum Gasteiger partial charge on any atom is -0.125 e. The summed E-state index contributed by atoms with van der Waals surface area (Å²) >= 11 is 0. The Kier molecular flexibility index (Phi) is 10.1. The second kappa shape index (κ2) is 14.4. The van der Waals surface area contributed by atoms with E-state index in [1.807, 2.05) is 0 Å². The van der Waals surface area contributed by atoms with E-state index in [1.165, 1.54) is 64.6 Å². The topological polar surface area (TPSA) is 0 Å².